The molecule has 0 radical (unpaired) electrons. The fraction of sp³-hybridized carbons (Fsp3) is 0.211. The molecule has 5 heteroatoms. The van der Waals surface area contributed by atoms with Gasteiger partial charge in [-0.1, -0.05) is 24.3 Å². The first kappa shape index (κ1) is 15.9. The minimum absolute atomic E-state index is 0.170. The Labute approximate surface area is 140 Å². The van der Waals surface area contributed by atoms with Crippen molar-refractivity contribution in [3.8, 4) is 0 Å². The zero-order valence-corrected chi connectivity index (χ0v) is 13.9. The molecule has 1 aromatic heterocycles. The van der Waals surface area contributed by atoms with Crippen LogP contribution in [0.1, 0.15) is 19.4 Å². The number of rotatable bonds is 5. The molecule has 0 aliphatic heterocycles. The first-order valence-electron chi connectivity index (χ1n) is 8.08. The first-order chi connectivity index (χ1) is 11.7. The number of hydrogen-bond donors (Lipinski definition) is 0. The van der Waals surface area contributed by atoms with Crippen LogP contribution in [0.15, 0.2) is 64.8 Å². The largest absolute Gasteiger partial charge is 0.372 e. The van der Waals surface area contributed by atoms with E-state index in [1.165, 1.54) is 16.7 Å². The van der Waals surface area contributed by atoms with Crippen LogP contribution in [-0.4, -0.2) is 29.0 Å². The number of aromatic nitrogens is 2. The minimum Gasteiger partial charge on any atom is -0.372 e. The summed E-state index contributed by atoms with van der Waals surface area (Å²) in [5.74, 6) is 0. The topological polar surface area (TPSA) is 50.5 Å². The molecule has 0 spiro atoms. The second kappa shape index (κ2) is 7.08. The minimum atomic E-state index is -0.170. The average molecular weight is 320 g/mol. The van der Waals surface area contributed by atoms with E-state index in [0.717, 1.165) is 18.7 Å². The Morgan fingerprint density at radius 3 is 2.50 bits per heavy atom. The van der Waals surface area contributed by atoms with Crippen molar-refractivity contribution in [2.45, 2.75) is 13.8 Å². The van der Waals surface area contributed by atoms with Gasteiger partial charge in [0.15, 0.2) is 0 Å². The zero-order valence-electron chi connectivity index (χ0n) is 13.9. The molecular weight excluding hydrogens is 300 g/mol. The van der Waals surface area contributed by atoms with Gasteiger partial charge in [-0.05, 0) is 43.7 Å². The van der Waals surface area contributed by atoms with E-state index in [9.17, 15) is 4.79 Å². The van der Waals surface area contributed by atoms with E-state index in [0.29, 0.717) is 10.9 Å². The zero-order chi connectivity index (χ0) is 16.9. The van der Waals surface area contributed by atoms with Gasteiger partial charge in [-0.25, -0.2) is 4.98 Å². The molecule has 0 aliphatic carbocycles. The Bertz CT molecular complexity index is 909. The molecular formula is C19H20N4O. The van der Waals surface area contributed by atoms with Gasteiger partial charge in [0.1, 0.15) is 6.33 Å². The Balaban J connectivity index is 1.86. The van der Waals surface area contributed by atoms with Crippen molar-refractivity contribution in [3.63, 3.8) is 0 Å². The highest BCUT2D eigenvalue weighted by Crippen LogP contribution is 2.14. The van der Waals surface area contributed by atoms with E-state index in [-0.39, 0.29) is 5.56 Å². The molecule has 1 heterocycles. The van der Waals surface area contributed by atoms with Crippen LogP contribution >= 0.6 is 0 Å². The highest BCUT2D eigenvalue weighted by molar-refractivity contribution is 5.81. The van der Waals surface area contributed by atoms with E-state index >= 15 is 0 Å². The molecule has 0 fully saturated rings. The molecule has 0 saturated carbocycles. The molecule has 122 valence electrons. The molecule has 0 N–H and O–H groups in total. The Hall–Kier alpha value is -2.95. The molecule has 0 atom stereocenters. The van der Waals surface area contributed by atoms with E-state index < -0.39 is 0 Å². The number of nitrogens with zero attached hydrogens (tertiary/aromatic N) is 4. The number of fused-ring (bicyclic) bond motifs is 1. The second-order valence-corrected chi connectivity index (χ2v) is 5.42. The lowest BCUT2D eigenvalue weighted by atomic mass is 10.2. The molecule has 0 aliphatic rings. The number of hydrogen-bond acceptors (Lipinski definition) is 4. The molecule has 0 saturated heterocycles. The summed E-state index contributed by atoms with van der Waals surface area (Å²) in [6.45, 7) is 6.22. The summed E-state index contributed by atoms with van der Waals surface area (Å²) in [4.78, 5) is 18.9. The van der Waals surface area contributed by atoms with Crippen molar-refractivity contribution in [2.75, 3.05) is 18.0 Å². The van der Waals surface area contributed by atoms with Gasteiger partial charge in [0.05, 0.1) is 17.1 Å². The maximum absolute atomic E-state index is 12.4. The van der Waals surface area contributed by atoms with Gasteiger partial charge in [0, 0.05) is 18.8 Å². The Kier molecular flexibility index (Phi) is 4.70. The highest BCUT2D eigenvalue weighted by Gasteiger charge is 2.02. The number of para-hydroxylation sites is 1. The molecule has 0 unspecified atom stereocenters. The highest BCUT2D eigenvalue weighted by atomic mass is 16.1. The van der Waals surface area contributed by atoms with Crippen molar-refractivity contribution in [2.24, 2.45) is 5.10 Å². The van der Waals surface area contributed by atoms with E-state index in [1.54, 1.807) is 12.3 Å². The standard InChI is InChI=1S/C19H20N4O/c1-3-22(4-2)16-11-9-15(10-12-16)13-21-23-14-20-18-8-6-5-7-17(18)19(23)24/h5-14H,3-4H2,1-2H3/b21-13+. The Morgan fingerprint density at radius 1 is 1.08 bits per heavy atom. The lowest BCUT2D eigenvalue weighted by Gasteiger charge is -2.20. The van der Waals surface area contributed by atoms with Crippen molar-refractivity contribution in [1.29, 1.82) is 0 Å². The van der Waals surface area contributed by atoms with Crippen LogP contribution in [0.3, 0.4) is 0 Å². The van der Waals surface area contributed by atoms with E-state index in [4.69, 9.17) is 0 Å². The van der Waals surface area contributed by atoms with E-state index in [2.05, 4.69) is 41.0 Å². The molecule has 2 aromatic carbocycles. The van der Waals surface area contributed by atoms with Gasteiger partial charge in [-0.15, -0.1) is 0 Å². The quantitative estimate of drug-likeness (QED) is 0.679. The van der Waals surface area contributed by atoms with Crippen LogP contribution in [0.4, 0.5) is 5.69 Å². The number of benzene rings is 2. The lowest BCUT2D eigenvalue weighted by molar-refractivity contribution is 0.817. The van der Waals surface area contributed by atoms with Crippen LogP contribution in [0, 0.1) is 0 Å². The predicted molar refractivity (Wildman–Crippen MR) is 99.0 cm³/mol. The van der Waals surface area contributed by atoms with Crippen molar-refractivity contribution < 1.29 is 0 Å². The van der Waals surface area contributed by atoms with Gasteiger partial charge >= 0.3 is 0 Å². The van der Waals surface area contributed by atoms with Crippen molar-refractivity contribution in [3.05, 3.63) is 70.8 Å². The summed E-state index contributed by atoms with van der Waals surface area (Å²) in [7, 11) is 0. The predicted octanol–water partition coefficient (Wildman–Crippen LogP) is 3.12. The van der Waals surface area contributed by atoms with Crippen LogP contribution in [0.25, 0.3) is 10.9 Å². The lowest BCUT2D eigenvalue weighted by Crippen LogP contribution is -2.21. The third kappa shape index (κ3) is 3.20. The molecule has 3 aromatic rings. The third-order valence-electron chi connectivity index (χ3n) is 4.00. The summed E-state index contributed by atoms with van der Waals surface area (Å²) in [5, 5.41) is 4.81. The maximum atomic E-state index is 12.4. The first-order valence-corrected chi connectivity index (χ1v) is 8.08. The summed E-state index contributed by atoms with van der Waals surface area (Å²) < 4.78 is 1.26. The van der Waals surface area contributed by atoms with Crippen LogP contribution in [0.2, 0.25) is 0 Å². The van der Waals surface area contributed by atoms with Gasteiger partial charge in [0.25, 0.3) is 5.56 Å². The average Bonchev–Trinajstić information content (AvgIpc) is 2.63. The summed E-state index contributed by atoms with van der Waals surface area (Å²) >= 11 is 0. The van der Waals surface area contributed by atoms with Crippen LogP contribution < -0.4 is 10.5 Å². The molecule has 5 nitrogen and oxygen atoms in total. The number of anilines is 1. The molecule has 0 amide bonds. The molecule has 3 rings (SSSR count). The van der Waals surface area contributed by atoms with Gasteiger partial charge in [-0.3, -0.25) is 4.79 Å². The van der Waals surface area contributed by atoms with Gasteiger partial charge in [-0.2, -0.15) is 9.78 Å². The summed E-state index contributed by atoms with van der Waals surface area (Å²) in [5.41, 5.74) is 2.63. The van der Waals surface area contributed by atoms with E-state index in [1.807, 2.05) is 30.3 Å². The van der Waals surface area contributed by atoms with Gasteiger partial charge < -0.3 is 4.90 Å². The second-order valence-electron chi connectivity index (χ2n) is 5.42. The van der Waals surface area contributed by atoms with Crippen LogP contribution in [0.5, 0.6) is 0 Å². The summed E-state index contributed by atoms with van der Waals surface area (Å²) in [6, 6.07) is 15.4. The maximum Gasteiger partial charge on any atom is 0.281 e. The fourth-order valence-corrected chi connectivity index (χ4v) is 2.63. The SMILES string of the molecule is CCN(CC)c1ccc(/C=N/n2cnc3ccccc3c2=O)cc1. The smallest absolute Gasteiger partial charge is 0.281 e. The van der Waals surface area contributed by atoms with Crippen LogP contribution in [-0.2, 0) is 0 Å². The monoisotopic (exact) mass is 320 g/mol. The molecule has 0 bridgehead atoms. The molecule has 24 heavy (non-hydrogen) atoms. The normalized spacial score (nSPS) is 11.2. The van der Waals surface area contributed by atoms with Crippen molar-refractivity contribution in [1.82, 2.24) is 9.66 Å². The third-order valence-corrected chi connectivity index (χ3v) is 4.00. The fourth-order valence-electron chi connectivity index (χ4n) is 2.63. The van der Waals surface area contributed by atoms with Crippen molar-refractivity contribution >= 4 is 22.8 Å². The summed E-state index contributed by atoms with van der Waals surface area (Å²) in [6.07, 6.45) is 3.12. The Morgan fingerprint density at radius 2 is 1.79 bits per heavy atom. The van der Waals surface area contributed by atoms with Gasteiger partial charge in [0.2, 0.25) is 0 Å².